The molecule has 0 unspecified atom stereocenters. The molecule has 8 heteroatoms. The third kappa shape index (κ3) is 6.83. The summed E-state index contributed by atoms with van der Waals surface area (Å²) in [4.78, 5) is 12.8. The van der Waals surface area contributed by atoms with Crippen LogP contribution in [0.4, 0.5) is 0 Å². The second-order valence-corrected chi connectivity index (χ2v) is 11.6. The molecule has 0 saturated carbocycles. The molecule has 0 spiro atoms. The van der Waals surface area contributed by atoms with Gasteiger partial charge in [0.05, 0.1) is 13.2 Å². The van der Waals surface area contributed by atoms with Crippen LogP contribution in [0.5, 0.6) is 5.75 Å². The van der Waals surface area contributed by atoms with Crippen LogP contribution in [-0.2, 0) is 26.8 Å². The van der Waals surface area contributed by atoms with E-state index >= 15 is 0 Å². The molecule has 2 rings (SSSR count). The van der Waals surface area contributed by atoms with Crippen molar-refractivity contribution in [1.82, 2.24) is 9.62 Å². The quantitative estimate of drug-likeness (QED) is 0.605. The second-order valence-electron chi connectivity index (χ2n) is 8.01. The van der Waals surface area contributed by atoms with Crippen molar-refractivity contribution >= 4 is 27.3 Å². The number of thiophene rings is 1. The number of carbonyl (C=O) groups is 1. The minimum atomic E-state index is -3.43. The molecule has 1 amide bonds. The van der Waals surface area contributed by atoms with E-state index in [4.69, 9.17) is 4.74 Å². The molecule has 160 valence electrons. The summed E-state index contributed by atoms with van der Waals surface area (Å²) >= 11 is 1.17. The minimum absolute atomic E-state index is 0.0814. The molecule has 29 heavy (non-hydrogen) atoms. The number of amides is 1. The maximum Gasteiger partial charge on any atom is 0.252 e. The van der Waals surface area contributed by atoms with Crippen molar-refractivity contribution in [2.24, 2.45) is 0 Å². The van der Waals surface area contributed by atoms with Gasteiger partial charge in [0.2, 0.25) is 5.91 Å². The lowest BCUT2D eigenvalue weighted by atomic mass is 9.87. The van der Waals surface area contributed by atoms with Crippen molar-refractivity contribution in [1.29, 1.82) is 0 Å². The third-order valence-corrected chi connectivity index (χ3v) is 7.74. The fourth-order valence-corrected chi connectivity index (χ4v) is 4.98. The van der Waals surface area contributed by atoms with Crippen molar-refractivity contribution in [3.63, 3.8) is 0 Å². The highest BCUT2D eigenvalue weighted by Crippen LogP contribution is 2.25. The molecule has 1 N–H and O–H groups in total. The number of sulfonamides is 1. The van der Waals surface area contributed by atoms with Crippen LogP contribution < -0.4 is 10.1 Å². The summed E-state index contributed by atoms with van der Waals surface area (Å²) in [6.07, 6.45) is 0.964. The van der Waals surface area contributed by atoms with Crippen molar-refractivity contribution in [3.8, 4) is 5.75 Å². The van der Waals surface area contributed by atoms with Gasteiger partial charge in [0, 0.05) is 25.4 Å². The molecule has 0 aliphatic heterocycles. The summed E-state index contributed by atoms with van der Waals surface area (Å²) in [5, 5.41) is 2.82. The number of benzene rings is 1. The average molecular weight is 439 g/mol. The number of carbonyl (C=O) groups excluding carboxylic acids is 1. The largest absolute Gasteiger partial charge is 0.494 e. The molecule has 1 heterocycles. The summed E-state index contributed by atoms with van der Waals surface area (Å²) in [6, 6.07) is 11.3. The highest BCUT2D eigenvalue weighted by Gasteiger charge is 2.19. The Morgan fingerprint density at radius 3 is 2.34 bits per heavy atom. The summed E-state index contributed by atoms with van der Waals surface area (Å²) in [7, 11) is -0.432. The van der Waals surface area contributed by atoms with Crippen molar-refractivity contribution < 1.29 is 17.9 Å². The summed E-state index contributed by atoms with van der Waals surface area (Å²) in [6.45, 7) is 7.28. The van der Waals surface area contributed by atoms with Gasteiger partial charge in [-0.15, -0.1) is 11.3 Å². The van der Waals surface area contributed by atoms with Gasteiger partial charge >= 0.3 is 0 Å². The number of hydrogen-bond donors (Lipinski definition) is 1. The van der Waals surface area contributed by atoms with Gasteiger partial charge < -0.3 is 10.1 Å². The van der Waals surface area contributed by atoms with Gasteiger partial charge in [-0.1, -0.05) is 32.9 Å². The molecule has 0 bridgehead atoms. The van der Waals surface area contributed by atoms with Gasteiger partial charge in [-0.2, -0.15) is 0 Å². The Bertz CT molecular complexity index is 911. The van der Waals surface area contributed by atoms with Crippen molar-refractivity contribution in [2.75, 3.05) is 20.7 Å². The monoisotopic (exact) mass is 438 g/mol. The van der Waals surface area contributed by atoms with Gasteiger partial charge in [0.1, 0.15) is 9.96 Å². The van der Waals surface area contributed by atoms with Crippen molar-refractivity contribution in [2.45, 2.75) is 49.8 Å². The van der Waals surface area contributed by atoms with E-state index in [-0.39, 0.29) is 15.5 Å². The maximum absolute atomic E-state index is 12.1. The molecule has 1 aromatic heterocycles. The summed E-state index contributed by atoms with van der Waals surface area (Å²) in [5.41, 5.74) is 1.36. The predicted molar refractivity (Wildman–Crippen MR) is 117 cm³/mol. The first-order chi connectivity index (χ1) is 13.5. The van der Waals surface area contributed by atoms with Crippen LogP contribution in [0.3, 0.4) is 0 Å². The molecule has 0 aliphatic carbocycles. The van der Waals surface area contributed by atoms with Gasteiger partial charge in [0.15, 0.2) is 0 Å². The lowest BCUT2D eigenvalue weighted by Crippen LogP contribution is -2.22. The zero-order valence-corrected chi connectivity index (χ0v) is 19.3. The van der Waals surface area contributed by atoms with E-state index in [0.29, 0.717) is 26.0 Å². The van der Waals surface area contributed by atoms with E-state index in [1.165, 1.54) is 35.3 Å². The molecule has 0 atom stereocenters. The molecule has 0 fully saturated rings. The average Bonchev–Trinajstić information content (AvgIpc) is 3.13. The van der Waals surface area contributed by atoms with Crippen LogP contribution in [0.25, 0.3) is 0 Å². The van der Waals surface area contributed by atoms with Crippen LogP contribution >= 0.6 is 11.3 Å². The highest BCUT2D eigenvalue weighted by molar-refractivity contribution is 7.91. The molecule has 2 aromatic rings. The maximum atomic E-state index is 12.1. The Morgan fingerprint density at radius 2 is 1.76 bits per heavy atom. The predicted octanol–water partition coefficient (Wildman–Crippen LogP) is 3.77. The van der Waals surface area contributed by atoms with Gasteiger partial charge in [-0.3, -0.25) is 4.79 Å². The van der Waals surface area contributed by atoms with E-state index in [1.54, 1.807) is 12.1 Å². The third-order valence-electron chi connectivity index (χ3n) is 4.37. The Hall–Kier alpha value is -1.90. The molecular weight excluding hydrogens is 408 g/mol. The van der Waals surface area contributed by atoms with Crippen LogP contribution in [0.15, 0.2) is 40.6 Å². The van der Waals surface area contributed by atoms with E-state index in [1.807, 2.05) is 12.1 Å². The van der Waals surface area contributed by atoms with E-state index in [2.05, 4.69) is 38.2 Å². The number of nitrogens with one attached hydrogen (secondary N) is 1. The molecule has 0 saturated heterocycles. The first kappa shape index (κ1) is 23.4. The Balaban J connectivity index is 1.71. The van der Waals surface area contributed by atoms with Crippen molar-refractivity contribution in [3.05, 3.63) is 46.8 Å². The first-order valence-electron chi connectivity index (χ1n) is 9.51. The lowest BCUT2D eigenvalue weighted by molar-refractivity contribution is -0.121. The lowest BCUT2D eigenvalue weighted by Gasteiger charge is -2.19. The fourth-order valence-electron chi connectivity index (χ4n) is 2.52. The normalized spacial score (nSPS) is 12.2. The minimum Gasteiger partial charge on any atom is -0.494 e. The van der Waals surface area contributed by atoms with Crippen LogP contribution in [-0.4, -0.2) is 39.3 Å². The number of ether oxygens (including phenoxy) is 1. The molecule has 1 aromatic carbocycles. The number of rotatable bonds is 9. The topological polar surface area (TPSA) is 75.7 Å². The number of hydrogen-bond acceptors (Lipinski definition) is 5. The smallest absolute Gasteiger partial charge is 0.252 e. The van der Waals surface area contributed by atoms with E-state index < -0.39 is 10.0 Å². The number of nitrogens with zero attached hydrogens (tertiary/aromatic N) is 1. The molecular formula is C21H30N2O4S2. The van der Waals surface area contributed by atoms with Crippen LogP contribution in [0.2, 0.25) is 0 Å². The Morgan fingerprint density at radius 1 is 1.10 bits per heavy atom. The fraction of sp³-hybridized carbons (Fsp3) is 0.476. The van der Waals surface area contributed by atoms with E-state index in [0.717, 1.165) is 10.6 Å². The molecule has 0 aliphatic rings. The van der Waals surface area contributed by atoms with Gasteiger partial charge in [-0.05, 0) is 41.7 Å². The van der Waals surface area contributed by atoms with Gasteiger partial charge in [0.25, 0.3) is 10.0 Å². The zero-order valence-electron chi connectivity index (χ0n) is 17.7. The van der Waals surface area contributed by atoms with Crippen LogP contribution in [0.1, 0.15) is 44.1 Å². The summed E-state index contributed by atoms with van der Waals surface area (Å²) < 4.78 is 31.3. The van der Waals surface area contributed by atoms with Gasteiger partial charge in [-0.25, -0.2) is 12.7 Å². The highest BCUT2D eigenvalue weighted by atomic mass is 32.2. The SMILES string of the molecule is CN(C)S(=O)(=O)c1ccc(CNC(=O)CCCOc2ccc(C(C)(C)C)cc2)s1. The standard InChI is InChI=1S/C21H30N2O4S2/c1-21(2,3)16-8-10-17(11-9-16)27-14-6-7-19(24)22-15-18-12-13-20(28-18)29(25,26)23(4)5/h8-13H,6-7,14-15H2,1-5H3,(H,22,24). The first-order valence-corrected chi connectivity index (χ1v) is 11.8. The Kier molecular flexibility index (Phi) is 7.85. The molecule has 6 nitrogen and oxygen atoms in total. The van der Waals surface area contributed by atoms with E-state index in [9.17, 15) is 13.2 Å². The Labute approximate surface area is 177 Å². The van der Waals surface area contributed by atoms with Crippen LogP contribution in [0, 0.1) is 0 Å². The summed E-state index contributed by atoms with van der Waals surface area (Å²) in [5.74, 6) is 0.716. The zero-order chi connectivity index (χ0) is 21.7. The molecule has 0 radical (unpaired) electrons. The second kappa shape index (κ2) is 9.73.